The van der Waals surface area contributed by atoms with Gasteiger partial charge in [0.05, 0.1) is 17.8 Å². The van der Waals surface area contributed by atoms with E-state index in [1.165, 1.54) is 0 Å². The number of aromatic nitrogens is 1. The van der Waals surface area contributed by atoms with Gasteiger partial charge in [0, 0.05) is 17.1 Å². The number of amides is 1. The predicted molar refractivity (Wildman–Crippen MR) is 98.9 cm³/mol. The average molecular weight is 350 g/mol. The topological polar surface area (TPSA) is 75.4 Å². The Labute approximate surface area is 152 Å². The molecule has 2 N–H and O–H groups in total. The van der Waals surface area contributed by atoms with Crippen molar-refractivity contribution in [1.29, 1.82) is 0 Å². The second-order valence-electron chi connectivity index (χ2n) is 7.15. The number of hydrogen-bond donors (Lipinski definition) is 2. The van der Waals surface area contributed by atoms with Gasteiger partial charge in [-0.3, -0.25) is 9.78 Å². The van der Waals surface area contributed by atoms with Gasteiger partial charge in [-0.15, -0.1) is 0 Å². The summed E-state index contributed by atoms with van der Waals surface area (Å²) in [5.41, 5.74) is 3.49. The summed E-state index contributed by atoms with van der Waals surface area (Å²) in [6, 6.07) is 11.3. The van der Waals surface area contributed by atoms with Crippen molar-refractivity contribution in [3.63, 3.8) is 0 Å². The Bertz CT molecular complexity index is 943. The first-order valence-electron chi connectivity index (χ1n) is 8.92. The lowest BCUT2D eigenvalue weighted by Crippen LogP contribution is -2.41. The van der Waals surface area contributed by atoms with E-state index in [2.05, 4.69) is 10.3 Å². The number of aryl methyl sites for hydroxylation is 2. The Kier molecular flexibility index (Phi) is 4.24. The highest BCUT2D eigenvalue weighted by molar-refractivity contribution is 5.99. The number of benzene rings is 1. The molecule has 2 aromatic heterocycles. The molecule has 5 nitrogen and oxygen atoms in total. The first kappa shape index (κ1) is 16.8. The van der Waals surface area contributed by atoms with Crippen LogP contribution < -0.4 is 5.32 Å². The number of aliphatic hydroxyl groups excluding tert-OH is 1. The fourth-order valence-electron chi connectivity index (χ4n) is 3.65. The predicted octanol–water partition coefficient (Wildman–Crippen LogP) is 3.69. The van der Waals surface area contributed by atoms with Crippen molar-refractivity contribution in [2.24, 2.45) is 5.92 Å². The van der Waals surface area contributed by atoms with Gasteiger partial charge < -0.3 is 14.8 Å². The van der Waals surface area contributed by atoms with Gasteiger partial charge >= 0.3 is 0 Å². The third kappa shape index (κ3) is 2.99. The second kappa shape index (κ2) is 6.57. The Morgan fingerprint density at radius 3 is 2.77 bits per heavy atom. The van der Waals surface area contributed by atoms with E-state index in [4.69, 9.17) is 4.42 Å². The zero-order valence-corrected chi connectivity index (χ0v) is 14.9. The summed E-state index contributed by atoms with van der Waals surface area (Å²) in [4.78, 5) is 17.3. The van der Waals surface area contributed by atoms with Gasteiger partial charge in [-0.2, -0.15) is 0 Å². The van der Waals surface area contributed by atoms with Crippen LogP contribution in [-0.2, 0) is 0 Å². The molecule has 0 aliphatic heterocycles. The highest BCUT2D eigenvalue weighted by Gasteiger charge is 2.37. The summed E-state index contributed by atoms with van der Waals surface area (Å²) in [5.74, 6) is 0.274. The smallest absolute Gasteiger partial charge is 0.287 e. The van der Waals surface area contributed by atoms with Crippen molar-refractivity contribution in [1.82, 2.24) is 10.3 Å². The van der Waals surface area contributed by atoms with Crippen LogP contribution in [0.5, 0.6) is 0 Å². The summed E-state index contributed by atoms with van der Waals surface area (Å²) >= 11 is 0. The molecule has 1 fully saturated rings. The van der Waals surface area contributed by atoms with Crippen molar-refractivity contribution in [2.75, 3.05) is 0 Å². The first-order valence-corrected chi connectivity index (χ1v) is 8.92. The van der Waals surface area contributed by atoms with E-state index in [1.54, 1.807) is 6.20 Å². The lowest BCUT2D eigenvalue weighted by molar-refractivity contribution is 0.0225. The summed E-state index contributed by atoms with van der Waals surface area (Å²) in [6.45, 7) is 3.92. The van der Waals surface area contributed by atoms with E-state index in [0.717, 1.165) is 22.2 Å². The third-order valence-corrected chi connectivity index (χ3v) is 5.21. The zero-order valence-electron chi connectivity index (χ0n) is 14.9. The molecular weight excluding hydrogens is 328 g/mol. The molecule has 1 saturated carbocycles. The molecule has 1 aliphatic carbocycles. The van der Waals surface area contributed by atoms with Crippen LogP contribution in [0.15, 0.2) is 47.0 Å². The zero-order chi connectivity index (χ0) is 18.3. The molecule has 0 unspecified atom stereocenters. The van der Waals surface area contributed by atoms with Crippen LogP contribution >= 0.6 is 0 Å². The van der Waals surface area contributed by atoms with Crippen LogP contribution in [0, 0.1) is 19.8 Å². The number of fused-ring (bicyclic) bond motifs is 1. The standard InChI is InChI=1S/C21H22N2O3/c1-12-6-7-18-16(9-12)13(2)20(26-18)21(25)23-19(14-10-15(24)11-14)17-5-3-4-8-22-17/h3-9,14-15,19,24H,10-11H2,1-2H3,(H,23,25)/t14?,15?,19-/m1/s1. The van der Waals surface area contributed by atoms with Crippen LogP contribution in [0.1, 0.15) is 46.3 Å². The van der Waals surface area contributed by atoms with Crippen molar-refractivity contribution in [2.45, 2.75) is 38.8 Å². The summed E-state index contributed by atoms with van der Waals surface area (Å²) in [7, 11) is 0. The van der Waals surface area contributed by atoms with Gasteiger partial charge in [0.2, 0.25) is 0 Å². The molecule has 3 aromatic rings. The summed E-state index contributed by atoms with van der Waals surface area (Å²) < 4.78 is 5.82. The normalized spacial score (nSPS) is 20.6. The fraction of sp³-hybridized carbons (Fsp3) is 0.333. The Balaban J connectivity index is 1.63. The van der Waals surface area contributed by atoms with Gasteiger partial charge in [0.25, 0.3) is 5.91 Å². The van der Waals surface area contributed by atoms with E-state index >= 15 is 0 Å². The fourth-order valence-corrected chi connectivity index (χ4v) is 3.65. The van der Waals surface area contributed by atoms with Gasteiger partial charge in [0.15, 0.2) is 5.76 Å². The van der Waals surface area contributed by atoms with Gasteiger partial charge in [0.1, 0.15) is 5.58 Å². The number of rotatable bonds is 4. The number of carbonyl (C=O) groups excluding carboxylic acids is 1. The molecule has 1 aromatic carbocycles. The van der Waals surface area contributed by atoms with Crippen LogP contribution in [-0.4, -0.2) is 22.1 Å². The minimum absolute atomic E-state index is 0.177. The van der Waals surface area contributed by atoms with E-state index in [1.807, 2.05) is 50.2 Å². The van der Waals surface area contributed by atoms with Crippen molar-refractivity contribution in [3.8, 4) is 0 Å². The molecule has 0 bridgehead atoms. The quantitative estimate of drug-likeness (QED) is 0.752. The number of furan rings is 1. The minimum atomic E-state index is -0.293. The average Bonchev–Trinajstić information content (AvgIpc) is 2.94. The molecule has 0 radical (unpaired) electrons. The highest BCUT2D eigenvalue weighted by atomic mass is 16.3. The molecule has 1 amide bonds. The Morgan fingerprint density at radius 2 is 2.08 bits per heavy atom. The molecule has 0 spiro atoms. The third-order valence-electron chi connectivity index (χ3n) is 5.21. The van der Waals surface area contributed by atoms with Crippen LogP contribution in [0.4, 0.5) is 0 Å². The molecular formula is C21H22N2O3. The molecule has 5 heteroatoms. The van der Waals surface area contributed by atoms with Crippen LogP contribution in [0.25, 0.3) is 11.0 Å². The monoisotopic (exact) mass is 350 g/mol. The number of nitrogens with zero attached hydrogens (tertiary/aromatic N) is 1. The number of aliphatic hydroxyl groups is 1. The van der Waals surface area contributed by atoms with E-state index < -0.39 is 0 Å². The minimum Gasteiger partial charge on any atom is -0.451 e. The molecule has 26 heavy (non-hydrogen) atoms. The molecule has 1 aliphatic rings. The van der Waals surface area contributed by atoms with Gasteiger partial charge in [-0.1, -0.05) is 17.7 Å². The van der Waals surface area contributed by atoms with Crippen molar-refractivity contribution >= 4 is 16.9 Å². The number of carbonyl (C=O) groups is 1. The van der Waals surface area contributed by atoms with Crippen LogP contribution in [0.2, 0.25) is 0 Å². The molecule has 2 heterocycles. The molecule has 1 atom stereocenters. The Morgan fingerprint density at radius 1 is 1.27 bits per heavy atom. The molecule has 0 saturated heterocycles. The van der Waals surface area contributed by atoms with Crippen LogP contribution in [0.3, 0.4) is 0 Å². The van der Waals surface area contributed by atoms with E-state index in [9.17, 15) is 9.90 Å². The molecule has 4 rings (SSSR count). The van der Waals surface area contributed by atoms with E-state index in [-0.39, 0.29) is 24.0 Å². The highest BCUT2D eigenvalue weighted by Crippen LogP contribution is 2.38. The van der Waals surface area contributed by atoms with E-state index in [0.29, 0.717) is 24.2 Å². The summed E-state index contributed by atoms with van der Waals surface area (Å²) in [5, 5.41) is 13.7. The maximum atomic E-state index is 12.9. The lowest BCUT2D eigenvalue weighted by atomic mass is 9.76. The number of nitrogens with one attached hydrogen (secondary N) is 1. The number of hydrogen-bond acceptors (Lipinski definition) is 4. The van der Waals surface area contributed by atoms with Crippen molar-refractivity contribution < 1.29 is 14.3 Å². The molecule has 134 valence electrons. The lowest BCUT2D eigenvalue weighted by Gasteiger charge is -2.37. The maximum absolute atomic E-state index is 12.9. The largest absolute Gasteiger partial charge is 0.451 e. The van der Waals surface area contributed by atoms with Crippen molar-refractivity contribution in [3.05, 3.63) is 65.2 Å². The maximum Gasteiger partial charge on any atom is 0.287 e. The Hall–Kier alpha value is -2.66. The second-order valence-corrected chi connectivity index (χ2v) is 7.15. The van der Waals surface area contributed by atoms with Gasteiger partial charge in [-0.05, 0) is 56.9 Å². The van der Waals surface area contributed by atoms with Gasteiger partial charge in [-0.25, -0.2) is 0 Å². The first-order chi connectivity index (χ1) is 12.5. The number of pyridine rings is 1. The SMILES string of the molecule is Cc1ccc2oc(C(=O)N[C@@H](c3ccccn3)C3CC(O)C3)c(C)c2c1. The summed E-state index contributed by atoms with van der Waals surface area (Å²) in [6.07, 6.45) is 2.76.